The van der Waals surface area contributed by atoms with Gasteiger partial charge in [0.15, 0.2) is 0 Å². The SMILES string of the molecule is Cc1nc2c(s1)C1=CC[C@@H]3[C@H](CC[C@]4(C)C(O)CC[C@@H]34)[C@@]1(C)CC2. The maximum atomic E-state index is 10.6. The molecular formula is C21H29NOS. The Morgan fingerprint density at radius 1 is 1.17 bits per heavy atom. The number of aromatic nitrogens is 1. The second-order valence-electron chi connectivity index (χ2n) is 9.29. The van der Waals surface area contributed by atoms with Gasteiger partial charge in [0, 0.05) is 0 Å². The molecule has 2 fully saturated rings. The van der Waals surface area contributed by atoms with Crippen molar-refractivity contribution in [2.45, 2.75) is 71.8 Å². The summed E-state index contributed by atoms with van der Waals surface area (Å²) < 4.78 is 0. The number of aliphatic hydroxyl groups is 1. The standard InChI is InChI=1S/C21H29NOS/c1-12-22-17-9-11-20(2)15-8-10-21(3)14(6-7-18(21)23)13(15)4-5-16(20)19(17)24-12/h5,13-15,18,23H,4,6-11H2,1-3H3/t13-,14-,15-,18?,20+,21-/m0/s1. The lowest BCUT2D eigenvalue weighted by atomic mass is 9.48. The Kier molecular flexibility index (Phi) is 3.21. The maximum absolute atomic E-state index is 10.6. The number of fused-ring (bicyclic) bond motifs is 7. The molecule has 0 spiro atoms. The minimum Gasteiger partial charge on any atom is -0.393 e. The smallest absolute Gasteiger partial charge is 0.0903 e. The Bertz CT molecular complexity index is 721. The van der Waals surface area contributed by atoms with Gasteiger partial charge in [-0.1, -0.05) is 19.9 Å². The monoisotopic (exact) mass is 343 g/mol. The van der Waals surface area contributed by atoms with E-state index in [1.54, 1.807) is 5.57 Å². The van der Waals surface area contributed by atoms with Crippen molar-refractivity contribution in [2.24, 2.45) is 28.6 Å². The van der Waals surface area contributed by atoms with E-state index in [0.29, 0.717) is 5.41 Å². The molecule has 6 atom stereocenters. The number of hydrogen-bond acceptors (Lipinski definition) is 3. The summed E-state index contributed by atoms with van der Waals surface area (Å²) in [6, 6.07) is 0. The average molecular weight is 344 g/mol. The summed E-state index contributed by atoms with van der Waals surface area (Å²) in [5.41, 5.74) is 3.50. The zero-order valence-electron chi connectivity index (χ0n) is 15.1. The van der Waals surface area contributed by atoms with E-state index in [4.69, 9.17) is 4.98 Å². The van der Waals surface area contributed by atoms with E-state index in [1.807, 2.05) is 11.3 Å². The van der Waals surface area contributed by atoms with Crippen LogP contribution in [0.1, 0.15) is 68.0 Å². The van der Waals surface area contributed by atoms with E-state index in [1.165, 1.54) is 47.7 Å². The molecule has 0 radical (unpaired) electrons. The maximum Gasteiger partial charge on any atom is 0.0903 e. The molecule has 1 aromatic rings. The highest BCUT2D eigenvalue weighted by Gasteiger charge is 2.58. The number of hydrogen-bond donors (Lipinski definition) is 1. The van der Waals surface area contributed by atoms with Crippen molar-refractivity contribution in [3.05, 3.63) is 21.7 Å². The number of nitrogens with zero attached hydrogens (tertiary/aromatic N) is 1. The third-order valence-corrected chi connectivity index (χ3v) is 9.39. The van der Waals surface area contributed by atoms with Crippen LogP contribution in [-0.2, 0) is 6.42 Å². The molecule has 1 unspecified atom stereocenters. The summed E-state index contributed by atoms with van der Waals surface area (Å²) >= 11 is 1.91. The fraction of sp³-hybridized carbons (Fsp3) is 0.762. The van der Waals surface area contributed by atoms with Gasteiger partial charge >= 0.3 is 0 Å². The van der Waals surface area contributed by atoms with Crippen molar-refractivity contribution < 1.29 is 5.11 Å². The molecule has 0 aromatic carbocycles. The topological polar surface area (TPSA) is 33.1 Å². The molecule has 24 heavy (non-hydrogen) atoms. The van der Waals surface area contributed by atoms with Gasteiger partial charge in [0.1, 0.15) is 0 Å². The summed E-state index contributed by atoms with van der Waals surface area (Å²) in [4.78, 5) is 6.30. The van der Waals surface area contributed by atoms with E-state index < -0.39 is 0 Å². The number of allylic oxidation sites excluding steroid dienone is 2. The molecule has 0 bridgehead atoms. The molecule has 3 heteroatoms. The van der Waals surface area contributed by atoms with Gasteiger partial charge in [-0.3, -0.25) is 0 Å². The first-order chi connectivity index (χ1) is 11.4. The fourth-order valence-corrected chi connectivity index (χ4v) is 8.11. The van der Waals surface area contributed by atoms with Crippen molar-refractivity contribution in [3.8, 4) is 0 Å². The highest BCUT2D eigenvalue weighted by Crippen LogP contribution is 2.66. The third kappa shape index (κ3) is 1.83. The summed E-state index contributed by atoms with van der Waals surface area (Å²) in [6.07, 6.45) is 10.9. The normalized spacial score (nSPS) is 46.6. The van der Waals surface area contributed by atoms with Gasteiger partial charge in [-0.05, 0) is 86.0 Å². The first kappa shape index (κ1) is 15.6. The van der Waals surface area contributed by atoms with E-state index in [0.717, 1.165) is 30.6 Å². The highest BCUT2D eigenvalue weighted by atomic mass is 32.1. The zero-order valence-corrected chi connectivity index (χ0v) is 16.0. The van der Waals surface area contributed by atoms with Gasteiger partial charge < -0.3 is 5.11 Å². The predicted octanol–water partition coefficient (Wildman–Crippen LogP) is 4.99. The van der Waals surface area contributed by atoms with Crippen molar-refractivity contribution in [2.75, 3.05) is 0 Å². The second-order valence-corrected chi connectivity index (χ2v) is 10.5. The molecule has 2 saturated carbocycles. The van der Waals surface area contributed by atoms with Crippen LogP contribution in [0.25, 0.3) is 5.57 Å². The number of thiazole rings is 1. The van der Waals surface area contributed by atoms with Crippen LogP contribution in [-0.4, -0.2) is 16.2 Å². The lowest BCUT2D eigenvalue weighted by Crippen LogP contribution is -2.50. The van der Waals surface area contributed by atoms with Crippen LogP contribution >= 0.6 is 11.3 Å². The van der Waals surface area contributed by atoms with Crippen molar-refractivity contribution in [1.82, 2.24) is 4.98 Å². The second kappa shape index (κ2) is 4.94. The van der Waals surface area contributed by atoms with Crippen LogP contribution in [0.3, 0.4) is 0 Å². The van der Waals surface area contributed by atoms with Gasteiger partial charge in [-0.2, -0.15) is 0 Å². The van der Waals surface area contributed by atoms with Crippen LogP contribution in [0.2, 0.25) is 0 Å². The van der Waals surface area contributed by atoms with E-state index in [-0.39, 0.29) is 11.5 Å². The molecule has 0 amide bonds. The molecule has 1 heterocycles. The Balaban J connectivity index is 1.57. The van der Waals surface area contributed by atoms with Crippen molar-refractivity contribution in [3.63, 3.8) is 0 Å². The summed E-state index contributed by atoms with van der Waals surface area (Å²) in [6.45, 7) is 7.07. The average Bonchev–Trinajstić information content (AvgIpc) is 3.06. The van der Waals surface area contributed by atoms with Crippen LogP contribution in [0.4, 0.5) is 0 Å². The van der Waals surface area contributed by atoms with Crippen LogP contribution < -0.4 is 0 Å². The third-order valence-electron chi connectivity index (χ3n) is 8.34. The Morgan fingerprint density at radius 2 is 2.00 bits per heavy atom. The number of aliphatic hydroxyl groups excluding tert-OH is 1. The van der Waals surface area contributed by atoms with Gasteiger partial charge in [-0.25, -0.2) is 4.98 Å². The van der Waals surface area contributed by atoms with Crippen LogP contribution in [0.15, 0.2) is 6.08 Å². The molecule has 130 valence electrons. The minimum absolute atomic E-state index is 0.0660. The Morgan fingerprint density at radius 3 is 2.83 bits per heavy atom. The van der Waals surface area contributed by atoms with Gasteiger partial charge in [0.25, 0.3) is 0 Å². The molecule has 0 saturated heterocycles. The molecule has 1 N–H and O–H groups in total. The van der Waals surface area contributed by atoms with Crippen molar-refractivity contribution in [1.29, 1.82) is 0 Å². The van der Waals surface area contributed by atoms with E-state index in [2.05, 4.69) is 26.8 Å². The minimum atomic E-state index is -0.0660. The number of rotatable bonds is 0. The summed E-state index contributed by atoms with van der Waals surface area (Å²) in [5.74, 6) is 2.31. The van der Waals surface area contributed by atoms with Crippen LogP contribution in [0, 0.1) is 35.5 Å². The molecule has 0 aliphatic heterocycles. The van der Waals surface area contributed by atoms with Gasteiger partial charge in [-0.15, -0.1) is 11.3 Å². The van der Waals surface area contributed by atoms with E-state index in [9.17, 15) is 5.11 Å². The van der Waals surface area contributed by atoms with Gasteiger partial charge in [0.2, 0.25) is 0 Å². The Labute approximate surface area is 149 Å². The fourth-order valence-electron chi connectivity index (χ4n) is 6.97. The molecular weight excluding hydrogens is 314 g/mol. The Hall–Kier alpha value is -0.670. The largest absolute Gasteiger partial charge is 0.393 e. The molecule has 4 aliphatic carbocycles. The predicted molar refractivity (Wildman–Crippen MR) is 98.9 cm³/mol. The summed E-state index contributed by atoms with van der Waals surface area (Å²) in [5, 5.41) is 11.8. The molecule has 4 aliphatic rings. The first-order valence-corrected chi connectivity index (χ1v) is 10.6. The zero-order chi connectivity index (χ0) is 16.7. The van der Waals surface area contributed by atoms with E-state index >= 15 is 0 Å². The van der Waals surface area contributed by atoms with Crippen molar-refractivity contribution >= 4 is 16.9 Å². The number of aryl methyl sites for hydroxylation is 2. The quantitative estimate of drug-likeness (QED) is 0.719. The van der Waals surface area contributed by atoms with Gasteiger partial charge in [0.05, 0.1) is 21.7 Å². The highest BCUT2D eigenvalue weighted by molar-refractivity contribution is 7.12. The molecule has 1 aromatic heterocycles. The lowest BCUT2D eigenvalue weighted by molar-refractivity contribution is -0.0579. The summed E-state index contributed by atoms with van der Waals surface area (Å²) in [7, 11) is 0. The van der Waals surface area contributed by atoms with Crippen LogP contribution in [0.5, 0.6) is 0 Å². The first-order valence-electron chi connectivity index (χ1n) is 9.79. The molecule has 5 rings (SSSR count). The molecule has 2 nitrogen and oxygen atoms in total. The lowest BCUT2D eigenvalue weighted by Gasteiger charge is -2.56.